The molecule has 0 radical (unpaired) electrons. The number of fused-ring (bicyclic) bond motifs is 1. The Labute approximate surface area is 139 Å². The molecule has 0 aliphatic carbocycles. The number of hydrogen-bond acceptors (Lipinski definition) is 3. The number of halogens is 2. The summed E-state index contributed by atoms with van der Waals surface area (Å²) in [7, 11) is 0. The zero-order valence-corrected chi connectivity index (χ0v) is 13.8. The fourth-order valence-corrected chi connectivity index (χ4v) is 2.52. The Hall–Kier alpha value is -1.84. The van der Waals surface area contributed by atoms with Gasteiger partial charge in [-0.05, 0) is 44.2 Å². The summed E-state index contributed by atoms with van der Waals surface area (Å²) in [6, 6.07) is 13.6. The van der Waals surface area contributed by atoms with Crippen LogP contribution in [0.15, 0.2) is 42.5 Å². The van der Waals surface area contributed by atoms with Gasteiger partial charge in [-0.2, -0.15) is 0 Å². The average molecular weight is 332 g/mol. The molecule has 112 valence electrons. The highest BCUT2D eigenvalue weighted by molar-refractivity contribution is 6.42. The lowest BCUT2D eigenvalue weighted by atomic mass is 10.1. The Balaban J connectivity index is 2.19. The first-order chi connectivity index (χ1) is 10.5. The van der Waals surface area contributed by atoms with Crippen LogP contribution in [0.5, 0.6) is 0 Å². The van der Waals surface area contributed by atoms with E-state index >= 15 is 0 Å². The number of nitrogens with one attached hydrogen (secondary N) is 1. The Morgan fingerprint density at radius 3 is 2.45 bits per heavy atom. The molecule has 1 aromatic heterocycles. The van der Waals surface area contributed by atoms with Gasteiger partial charge in [-0.25, -0.2) is 9.97 Å². The Morgan fingerprint density at radius 2 is 1.73 bits per heavy atom. The summed E-state index contributed by atoms with van der Waals surface area (Å²) in [4.78, 5) is 9.29. The summed E-state index contributed by atoms with van der Waals surface area (Å²) in [6.07, 6.45) is 0. The van der Waals surface area contributed by atoms with Crippen LogP contribution in [0.1, 0.15) is 13.8 Å². The van der Waals surface area contributed by atoms with Crippen LogP contribution in [-0.2, 0) is 0 Å². The lowest BCUT2D eigenvalue weighted by molar-refractivity contribution is 0.891. The third kappa shape index (κ3) is 3.01. The Morgan fingerprint density at radius 1 is 0.955 bits per heavy atom. The second-order valence-electron chi connectivity index (χ2n) is 5.34. The second kappa shape index (κ2) is 6.11. The van der Waals surface area contributed by atoms with E-state index < -0.39 is 0 Å². The van der Waals surface area contributed by atoms with E-state index in [1.807, 2.05) is 30.3 Å². The monoisotopic (exact) mass is 331 g/mol. The molecule has 5 heteroatoms. The molecule has 1 heterocycles. The van der Waals surface area contributed by atoms with Gasteiger partial charge in [-0.15, -0.1) is 0 Å². The molecule has 0 saturated carbocycles. The van der Waals surface area contributed by atoms with Gasteiger partial charge in [0.05, 0.1) is 15.6 Å². The second-order valence-corrected chi connectivity index (χ2v) is 6.16. The number of para-hydroxylation sites is 1. The van der Waals surface area contributed by atoms with Crippen molar-refractivity contribution in [2.45, 2.75) is 19.9 Å². The van der Waals surface area contributed by atoms with Crippen molar-refractivity contribution in [3.63, 3.8) is 0 Å². The molecule has 1 N–H and O–H groups in total. The molecule has 0 atom stereocenters. The number of benzene rings is 2. The maximum absolute atomic E-state index is 6.10. The first-order valence-electron chi connectivity index (χ1n) is 7.03. The minimum Gasteiger partial charge on any atom is -0.367 e. The predicted molar refractivity (Wildman–Crippen MR) is 93.8 cm³/mol. The molecule has 0 unspecified atom stereocenters. The molecule has 0 aliphatic heterocycles. The van der Waals surface area contributed by atoms with Gasteiger partial charge in [0.2, 0.25) is 0 Å². The van der Waals surface area contributed by atoms with Crippen LogP contribution in [0.3, 0.4) is 0 Å². The standard InChI is InChI=1S/C17H15Cl2N3/c1-10(2)20-17-12-5-3-4-6-15(12)21-16(22-17)11-7-8-13(18)14(19)9-11/h3-10H,1-2H3,(H,20,21,22). The van der Waals surface area contributed by atoms with E-state index in [0.29, 0.717) is 15.9 Å². The molecule has 0 bridgehead atoms. The minimum atomic E-state index is 0.278. The maximum atomic E-state index is 6.10. The van der Waals surface area contributed by atoms with E-state index in [-0.39, 0.29) is 6.04 Å². The molecule has 0 fully saturated rings. The fourth-order valence-electron chi connectivity index (χ4n) is 2.22. The van der Waals surface area contributed by atoms with Crippen molar-refractivity contribution in [1.82, 2.24) is 9.97 Å². The summed E-state index contributed by atoms with van der Waals surface area (Å²) in [5.74, 6) is 1.45. The fraction of sp³-hybridized carbons (Fsp3) is 0.176. The van der Waals surface area contributed by atoms with Gasteiger partial charge in [-0.3, -0.25) is 0 Å². The molecule has 22 heavy (non-hydrogen) atoms. The van der Waals surface area contributed by atoms with E-state index in [0.717, 1.165) is 22.3 Å². The number of aromatic nitrogens is 2. The first kappa shape index (κ1) is 15.1. The zero-order chi connectivity index (χ0) is 15.7. The first-order valence-corrected chi connectivity index (χ1v) is 7.79. The van der Waals surface area contributed by atoms with Gasteiger partial charge < -0.3 is 5.32 Å². The van der Waals surface area contributed by atoms with E-state index in [9.17, 15) is 0 Å². The molecule has 0 amide bonds. The Bertz CT molecular complexity index is 831. The van der Waals surface area contributed by atoms with Crippen LogP contribution in [0.25, 0.3) is 22.3 Å². The van der Waals surface area contributed by atoms with E-state index in [2.05, 4.69) is 29.1 Å². The SMILES string of the molecule is CC(C)Nc1nc(-c2ccc(Cl)c(Cl)c2)nc2ccccc12. The van der Waals surface area contributed by atoms with E-state index in [1.54, 1.807) is 12.1 Å². The van der Waals surface area contributed by atoms with Gasteiger partial charge in [0.15, 0.2) is 5.82 Å². The summed E-state index contributed by atoms with van der Waals surface area (Å²) in [5.41, 5.74) is 1.73. The van der Waals surface area contributed by atoms with Crippen molar-refractivity contribution in [2.75, 3.05) is 5.32 Å². The topological polar surface area (TPSA) is 37.8 Å². The van der Waals surface area contributed by atoms with Gasteiger partial charge in [0.1, 0.15) is 5.82 Å². The molecule has 0 saturated heterocycles. The number of rotatable bonds is 3. The summed E-state index contributed by atoms with van der Waals surface area (Å²) < 4.78 is 0. The summed E-state index contributed by atoms with van der Waals surface area (Å²) in [5, 5.41) is 5.39. The third-order valence-corrected chi connectivity index (χ3v) is 3.95. The smallest absolute Gasteiger partial charge is 0.162 e. The summed E-state index contributed by atoms with van der Waals surface area (Å²) >= 11 is 12.1. The molecular weight excluding hydrogens is 317 g/mol. The largest absolute Gasteiger partial charge is 0.367 e. The normalized spacial score (nSPS) is 11.1. The van der Waals surface area contributed by atoms with Crippen LogP contribution >= 0.6 is 23.2 Å². The predicted octanol–water partition coefficient (Wildman–Crippen LogP) is 5.42. The van der Waals surface area contributed by atoms with Crippen molar-refractivity contribution in [1.29, 1.82) is 0 Å². The van der Waals surface area contributed by atoms with Crippen LogP contribution in [0, 0.1) is 0 Å². The van der Waals surface area contributed by atoms with Crippen LogP contribution in [0.4, 0.5) is 5.82 Å². The molecular formula is C17H15Cl2N3. The van der Waals surface area contributed by atoms with Gasteiger partial charge in [0, 0.05) is 17.0 Å². The number of anilines is 1. The highest BCUT2D eigenvalue weighted by Crippen LogP contribution is 2.29. The van der Waals surface area contributed by atoms with Gasteiger partial charge in [-0.1, -0.05) is 35.3 Å². The van der Waals surface area contributed by atoms with Crippen molar-refractivity contribution in [3.05, 3.63) is 52.5 Å². The lowest BCUT2D eigenvalue weighted by Crippen LogP contribution is -2.12. The van der Waals surface area contributed by atoms with E-state index in [1.165, 1.54) is 0 Å². The molecule has 2 aromatic carbocycles. The number of hydrogen-bond donors (Lipinski definition) is 1. The lowest BCUT2D eigenvalue weighted by Gasteiger charge is -2.13. The highest BCUT2D eigenvalue weighted by atomic mass is 35.5. The third-order valence-electron chi connectivity index (χ3n) is 3.21. The molecule has 0 aliphatic rings. The van der Waals surface area contributed by atoms with Crippen molar-refractivity contribution in [2.24, 2.45) is 0 Å². The Kier molecular flexibility index (Phi) is 4.19. The van der Waals surface area contributed by atoms with Crippen LogP contribution in [-0.4, -0.2) is 16.0 Å². The maximum Gasteiger partial charge on any atom is 0.162 e. The molecule has 3 nitrogen and oxygen atoms in total. The minimum absolute atomic E-state index is 0.278. The number of nitrogens with zero attached hydrogens (tertiary/aromatic N) is 2. The van der Waals surface area contributed by atoms with Gasteiger partial charge in [0.25, 0.3) is 0 Å². The van der Waals surface area contributed by atoms with Crippen LogP contribution in [0.2, 0.25) is 10.0 Å². The zero-order valence-electron chi connectivity index (χ0n) is 12.3. The average Bonchev–Trinajstić information content (AvgIpc) is 2.49. The van der Waals surface area contributed by atoms with Crippen molar-refractivity contribution in [3.8, 4) is 11.4 Å². The summed E-state index contributed by atoms with van der Waals surface area (Å²) in [6.45, 7) is 4.16. The molecule has 3 rings (SSSR count). The van der Waals surface area contributed by atoms with Crippen molar-refractivity contribution < 1.29 is 0 Å². The van der Waals surface area contributed by atoms with Crippen molar-refractivity contribution >= 4 is 39.9 Å². The van der Waals surface area contributed by atoms with Crippen LogP contribution < -0.4 is 5.32 Å². The molecule has 3 aromatic rings. The van der Waals surface area contributed by atoms with E-state index in [4.69, 9.17) is 23.2 Å². The molecule has 0 spiro atoms. The highest BCUT2D eigenvalue weighted by Gasteiger charge is 2.11. The quantitative estimate of drug-likeness (QED) is 0.695. The van der Waals surface area contributed by atoms with Gasteiger partial charge >= 0.3 is 0 Å².